The van der Waals surface area contributed by atoms with Crippen molar-refractivity contribution in [1.82, 2.24) is 5.32 Å². The van der Waals surface area contributed by atoms with Crippen molar-refractivity contribution in [3.63, 3.8) is 0 Å². The highest BCUT2D eigenvalue weighted by Crippen LogP contribution is 2.17. The number of hydrogen-bond donors (Lipinski definition) is 1. The Morgan fingerprint density at radius 3 is 2.26 bits per heavy atom. The van der Waals surface area contributed by atoms with E-state index in [1.165, 1.54) is 23.3 Å². The van der Waals surface area contributed by atoms with E-state index in [4.69, 9.17) is 4.74 Å². The second-order valence-electron chi connectivity index (χ2n) is 4.52. The van der Waals surface area contributed by atoms with Crippen LogP contribution in [0.1, 0.15) is 17.2 Å². The van der Waals surface area contributed by atoms with Crippen LogP contribution in [0.5, 0.6) is 5.75 Å². The number of aryl methyl sites for hydroxylation is 1. The molecule has 100 valence electrons. The van der Waals surface area contributed by atoms with Gasteiger partial charge in [0.25, 0.3) is 0 Å². The predicted octanol–water partition coefficient (Wildman–Crippen LogP) is 3.47. The molecule has 2 rings (SSSR count). The van der Waals surface area contributed by atoms with Gasteiger partial charge in [-0.2, -0.15) is 0 Å². The van der Waals surface area contributed by atoms with Gasteiger partial charge < -0.3 is 10.1 Å². The van der Waals surface area contributed by atoms with Crippen molar-refractivity contribution < 1.29 is 9.13 Å². The van der Waals surface area contributed by atoms with Gasteiger partial charge in [-0.05, 0) is 43.8 Å². The molecular formula is C16H18FNO. The third kappa shape index (κ3) is 3.80. The van der Waals surface area contributed by atoms with Crippen LogP contribution in [0.3, 0.4) is 0 Å². The molecule has 0 radical (unpaired) electrons. The number of likely N-dealkylation sites (N-methyl/N-ethyl adjacent to an activating group) is 1. The van der Waals surface area contributed by atoms with Crippen LogP contribution in [0, 0.1) is 12.7 Å². The lowest BCUT2D eigenvalue weighted by atomic mass is 10.1. The zero-order valence-electron chi connectivity index (χ0n) is 11.2. The van der Waals surface area contributed by atoms with Crippen LogP contribution in [-0.4, -0.2) is 13.7 Å². The molecule has 1 unspecified atom stereocenters. The van der Waals surface area contributed by atoms with Gasteiger partial charge in [-0.3, -0.25) is 0 Å². The maximum absolute atomic E-state index is 12.8. The number of nitrogens with one attached hydrogen (secondary N) is 1. The summed E-state index contributed by atoms with van der Waals surface area (Å²) in [7, 11) is 1.90. The van der Waals surface area contributed by atoms with Gasteiger partial charge in [0, 0.05) is 0 Å². The summed E-state index contributed by atoms with van der Waals surface area (Å²) in [6.07, 6.45) is 0. The average Bonchev–Trinajstić information content (AvgIpc) is 2.43. The normalized spacial score (nSPS) is 12.2. The van der Waals surface area contributed by atoms with E-state index in [2.05, 4.69) is 36.5 Å². The molecule has 1 atom stereocenters. The molecule has 0 aliphatic carbocycles. The first kappa shape index (κ1) is 13.6. The van der Waals surface area contributed by atoms with Crippen LogP contribution >= 0.6 is 0 Å². The quantitative estimate of drug-likeness (QED) is 0.887. The third-order valence-corrected chi connectivity index (χ3v) is 3.06. The standard InChI is InChI=1S/C16H18FNO/c1-12-3-5-13(6-4-12)16(18-2)11-19-15-9-7-14(17)8-10-15/h3-10,16,18H,11H2,1-2H3. The highest BCUT2D eigenvalue weighted by Gasteiger charge is 2.09. The molecular weight excluding hydrogens is 241 g/mol. The summed E-state index contributed by atoms with van der Waals surface area (Å²) < 4.78 is 18.5. The molecule has 2 aromatic rings. The SMILES string of the molecule is CNC(COc1ccc(F)cc1)c1ccc(C)cc1. The number of hydrogen-bond acceptors (Lipinski definition) is 2. The van der Waals surface area contributed by atoms with Crippen molar-refractivity contribution in [1.29, 1.82) is 0 Å². The van der Waals surface area contributed by atoms with Crippen LogP contribution in [0.2, 0.25) is 0 Å². The highest BCUT2D eigenvalue weighted by molar-refractivity contribution is 5.25. The lowest BCUT2D eigenvalue weighted by Gasteiger charge is -2.17. The van der Waals surface area contributed by atoms with Gasteiger partial charge in [-0.25, -0.2) is 4.39 Å². The number of halogens is 1. The topological polar surface area (TPSA) is 21.3 Å². The van der Waals surface area contributed by atoms with Gasteiger partial charge in [0.2, 0.25) is 0 Å². The first-order chi connectivity index (χ1) is 9.19. The molecule has 3 heteroatoms. The van der Waals surface area contributed by atoms with Gasteiger partial charge in [-0.15, -0.1) is 0 Å². The second kappa shape index (κ2) is 6.34. The Labute approximate surface area is 113 Å². The van der Waals surface area contributed by atoms with Crippen LogP contribution in [0.4, 0.5) is 4.39 Å². The molecule has 1 N–H and O–H groups in total. The van der Waals surface area contributed by atoms with Crippen LogP contribution in [0.25, 0.3) is 0 Å². The van der Waals surface area contributed by atoms with E-state index in [1.54, 1.807) is 12.1 Å². The summed E-state index contributed by atoms with van der Waals surface area (Å²) in [5, 5.41) is 3.22. The Kier molecular flexibility index (Phi) is 4.53. The highest BCUT2D eigenvalue weighted by atomic mass is 19.1. The van der Waals surface area contributed by atoms with Crippen LogP contribution < -0.4 is 10.1 Å². The Morgan fingerprint density at radius 1 is 1.05 bits per heavy atom. The molecule has 2 nitrogen and oxygen atoms in total. The first-order valence-corrected chi connectivity index (χ1v) is 6.31. The maximum Gasteiger partial charge on any atom is 0.123 e. The molecule has 19 heavy (non-hydrogen) atoms. The van der Waals surface area contributed by atoms with Crippen molar-refractivity contribution in [3.8, 4) is 5.75 Å². The van der Waals surface area contributed by atoms with Crippen molar-refractivity contribution in [2.75, 3.05) is 13.7 Å². The predicted molar refractivity (Wildman–Crippen MR) is 74.9 cm³/mol. The Balaban J connectivity index is 1.99. The Hall–Kier alpha value is -1.87. The van der Waals surface area contributed by atoms with Gasteiger partial charge in [0.15, 0.2) is 0 Å². The van der Waals surface area contributed by atoms with Crippen molar-refractivity contribution >= 4 is 0 Å². The number of ether oxygens (including phenoxy) is 1. The van der Waals surface area contributed by atoms with E-state index < -0.39 is 0 Å². The summed E-state index contributed by atoms with van der Waals surface area (Å²) in [6, 6.07) is 14.5. The van der Waals surface area contributed by atoms with E-state index >= 15 is 0 Å². The number of benzene rings is 2. The molecule has 0 amide bonds. The average molecular weight is 259 g/mol. The minimum absolute atomic E-state index is 0.116. The first-order valence-electron chi connectivity index (χ1n) is 6.31. The fourth-order valence-corrected chi connectivity index (χ4v) is 1.86. The summed E-state index contributed by atoms with van der Waals surface area (Å²) in [5.74, 6) is 0.421. The van der Waals surface area contributed by atoms with Crippen LogP contribution in [-0.2, 0) is 0 Å². The van der Waals surface area contributed by atoms with Crippen LogP contribution in [0.15, 0.2) is 48.5 Å². The van der Waals surface area contributed by atoms with E-state index in [0.29, 0.717) is 12.4 Å². The minimum Gasteiger partial charge on any atom is -0.492 e. The van der Waals surface area contributed by atoms with Crippen molar-refractivity contribution in [2.24, 2.45) is 0 Å². The second-order valence-corrected chi connectivity index (χ2v) is 4.52. The summed E-state index contributed by atoms with van der Waals surface area (Å²) >= 11 is 0. The molecule has 0 aliphatic heterocycles. The summed E-state index contributed by atoms with van der Waals surface area (Å²) in [6.45, 7) is 2.57. The molecule has 0 saturated heterocycles. The molecule has 0 fully saturated rings. The third-order valence-electron chi connectivity index (χ3n) is 3.06. The largest absolute Gasteiger partial charge is 0.492 e. The lowest BCUT2D eigenvalue weighted by molar-refractivity contribution is 0.273. The van der Waals surface area contributed by atoms with Crippen molar-refractivity contribution in [2.45, 2.75) is 13.0 Å². The van der Waals surface area contributed by atoms with E-state index in [1.807, 2.05) is 7.05 Å². The molecule has 0 bridgehead atoms. The Bertz CT molecular complexity index is 507. The molecule has 0 spiro atoms. The van der Waals surface area contributed by atoms with E-state index in [-0.39, 0.29) is 11.9 Å². The van der Waals surface area contributed by atoms with Gasteiger partial charge in [0.05, 0.1) is 6.04 Å². The Morgan fingerprint density at radius 2 is 1.68 bits per heavy atom. The van der Waals surface area contributed by atoms with Gasteiger partial charge >= 0.3 is 0 Å². The van der Waals surface area contributed by atoms with E-state index in [9.17, 15) is 4.39 Å². The maximum atomic E-state index is 12.8. The zero-order chi connectivity index (χ0) is 13.7. The molecule has 2 aromatic carbocycles. The molecule has 0 saturated carbocycles. The van der Waals surface area contributed by atoms with Gasteiger partial charge in [-0.1, -0.05) is 29.8 Å². The van der Waals surface area contributed by atoms with Crippen molar-refractivity contribution in [3.05, 3.63) is 65.5 Å². The summed E-state index contributed by atoms with van der Waals surface area (Å²) in [4.78, 5) is 0. The van der Waals surface area contributed by atoms with Gasteiger partial charge in [0.1, 0.15) is 18.2 Å². The smallest absolute Gasteiger partial charge is 0.123 e. The lowest BCUT2D eigenvalue weighted by Crippen LogP contribution is -2.23. The van der Waals surface area contributed by atoms with E-state index in [0.717, 1.165) is 0 Å². The molecule has 0 aliphatic rings. The number of rotatable bonds is 5. The molecule has 0 aromatic heterocycles. The summed E-state index contributed by atoms with van der Waals surface area (Å²) in [5.41, 5.74) is 2.41. The molecule has 0 heterocycles. The fraction of sp³-hybridized carbons (Fsp3) is 0.250. The zero-order valence-corrected chi connectivity index (χ0v) is 11.2. The monoisotopic (exact) mass is 259 g/mol. The minimum atomic E-state index is -0.254. The fourth-order valence-electron chi connectivity index (χ4n) is 1.86.